The SMILES string of the molecule is CCOC(=O)C1=C(COC(=O)c2cc(-c3ccccc3)n[nH]2)NC(=O)N[C@@H]1CC. The maximum atomic E-state index is 12.4. The van der Waals surface area contributed by atoms with E-state index in [0.717, 1.165) is 5.56 Å². The van der Waals surface area contributed by atoms with Gasteiger partial charge in [-0.05, 0) is 19.4 Å². The number of ether oxygens (including phenoxy) is 2. The molecule has 9 heteroatoms. The van der Waals surface area contributed by atoms with Gasteiger partial charge in [-0.3, -0.25) is 5.10 Å². The van der Waals surface area contributed by atoms with Crippen LogP contribution in [0.2, 0.25) is 0 Å². The number of nitrogens with zero attached hydrogens (tertiary/aromatic N) is 1. The summed E-state index contributed by atoms with van der Waals surface area (Å²) in [6.45, 7) is 3.43. The molecule has 2 amide bonds. The molecule has 3 N–H and O–H groups in total. The summed E-state index contributed by atoms with van der Waals surface area (Å²) in [5, 5.41) is 12.0. The highest BCUT2D eigenvalue weighted by molar-refractivity contribution is 5.95. The van der Waals surface area contributed by atoms with Gasteiger partial charge in [-0.15, -0.1) is 0 Å². The van der Waals surface area contributed by atoms with E-state index in [4.69, 9.17) is 9.47 Å². The van der Waals surface area contributed by atoms with Gasteiger partial charge in [0.1, 0.15) is 12.3 Å². The Morgan fingerprint density at radius 1 is 1.10 bits per heavy atom. The Bertz CT molecular complexity index is 935. The number of H-pyrrole nitrogens is 1. The normalized spacial score (nSPS) is 16.1. The zero-order valence-electron chi connectivity index (χ0n) is 16.2. The summed E-state index contributed by atoms with van der Waals surface area (Å²) in [5.41, 5.74) is 2.07. The maximum absolute atomic E-state index is 12.4. The summed E-state index contributed by atoms with van der Waals surface area (Å²) >= 11 is 0. The number of urea groups is 1. The minimum Gasteiger partial charge on any atom is -0.463 e. The minimum absolute atomic E-state index is 0.162. The summed E-state index contributed by atoms with van der Waals surface area (Å²) in [4.78, 5) is 36.6. The Kier molecular flexibility index (Phi) is 6.28. The molecule has 0 aliphatic carbocycles. The monoisotopic (exact) mass is 398 g/mol. The van der Waals surface area contributed by atoms with E-state index in [9.17, 15) is 14.4 Å². The van der Waals surface area contributed by atoms with Crippen LogP contribution in [-0.2, 0) is 14.3 Å². The lowest BCUT2D eigenvalue weighted by Crippen LogP contribution is -2.51. The molecule has 0 spiro atoms. The average Bonchev–Trinajstić information content (AvgIpc) is 3.22. The van der Waals surface area contributed by atoms with Crippen LogP contribution in [0.25, 0.3) is 11.3 Å². The number of amides is 2. The lowest BCUT2D eigenvalue weighted by molar-refractivity contribution is -0.139. The fourth-order valence-corrected chi connectivity index (χ4v) is 2.97. The second kappa shape index (κ2) is 9.05. The second-order valence-corrected chi connectivity index (χ2v) is 6.28. The van der Waals surface area contributed by atoms with Crippen LogP contribution in [0.1, 0.15) is 30.8 Å². The number of carbonyl (C=O) groups excluding carboxylic acids is 3. The van der Waals surface area contributed by atoms with Crippen molar-refractivity contribution in [3.63, 3.8) is 0 Å². The van der Waals surface area contributed by atoms with Crippen molar-refractivity contribution in [2.75, 3.05) is 13.2 Å². The fraction of sp³-hybridized carbons (Fsp3) is 0.300. The molecule has 0 unspecified atom stereocenters. The van der Waals surface area contributed by atoms with Gasteiger partial charge in [0.25, 0.3) is 0 Å². The number of carbonyl (C=O) groups is 3. The van der Waals surface area contributed by atoms with Crippen molar-refractivity contribution in [1.29, 1.82) is 0 Å². The highest BCUT2D eigenvalue weighted by Crippen LogP contribution is 2.19. The molecule has 0 bridgehead atoms. The quantitative estimate of drug-likeness (QED) is 0.614. The van der Waals surface area contributed by atoms with Crippen molar-refractivity contribution in [2.45, 2.75) is 26.3 Å². The first-order chi connectivity index (χ1) is 14.0. The summed E-state index contributed by atoms with van der Waals surface area (Å²) < 4.78 is 10.4. The van der Waals surface area contributed by atoms with Gasteiger partial charge in [0.2, 0.25) is 0 Å². The molecule has 152 valence electrons. The number of hydrogen-bond acceptors (Lipinski definition) is 6. The summed E-state index contributed by atoms with van der Waals surface area (Å²) in [7, 11) is 0. The van der Waals surface area contributed by atoms with Crippen LogP contribution in [0.3, 0.4) is 0 Å². The molecule has 0 fully saturated rings. The van der Waals surface area contributed by atoms with E-state index in [1.165, 1.54) is 0 Å². The van der Waals surface area contributed by atoms with E-state index in [2.05, 4.69) is 20.8 Å². The fourth-order valence-electron chi connectivity index (χ4n) is 2.97. The van der Waals surface area contributed by atoms with Gasteiger partial charge in [-0.1, -0.05) is 37.3 Å². The van der Waals surface area contributed by atoms with E-state index >= 15 is 0 Å². The molecule has 2 aromatic rings. The molecule has 3 rings (SSSR count). The zero-order valence-corrected chi connectivity index (χ0v) is 16.2. The van der Waals surface area contributed by atoms with Crippen LogP contribution in [0.5, 0.6) is 0 Å². The topological polar surface area (TPSA) is 122 Å². The number of esters is 2. The van der Waals surface area contributed by atoms with Gasteiger partial charge in [-0.25, -0.2) is 14.4 Å². The Balaban J connectivity index is 1.75. The van der Waals surface area contributed by atoms with Gasteiger partial charge in [0.15, 0.2) is 0 Å². The average molecular weight is 398 g/mol. The van der Waals surface area contributed by atoms with Crippen molar-refractivity contribution in [2.24, 2.45) is 0 Å². The molecule has 29 heavy (non-hydrogen) atoms. The molecular weight excluding hydrogens is 376 g/mol. The Hall–Kier alpha value is -3.62. The molecule has 1 aromatic heterocycles. The van der Waals surface area contributed by atoms with Crippen LogP contribution >= 0.6 is 0 Å². The van der Waals surface area contributed by atoms with E-state index in [0.29, 0.717) is 12.1 Å². The van der Waals surface area contributed by atoms with E-state index in [1.54, 1.807) is 13.0 Å². The standard InChI is InChI=1S/C20H22N4O5/c1-3-13-17(19(26)28-4-2)16(22-20(27)21-13)11-29-18(25)15-10-14(23-24-15)12-8-6-5-7-9-12/h5-10,13H,3-4,11H2,1-2H3,(H,23,24)(H2,21,22,27)/t13-/m1/s1. The third-order valence-corrected chi connectivity index (χ3v) is 4.36. The predicted octanol–water partition coefficient (Wildman–Crippen LogP) is 2.14. The third-order valence-electron chi connectivity index (χ3n) is 4.36. The van der Waals surface area contributed by atoms with E-state index in [-0.39, 0.29) is 30.2 Å². The summed E-state index contributed by atoms with van der Waals surface area (Å²) in [5.74, 6) is -1.22. The van der Waals surface area contributed by atoms with Crippen molar-refractivity contribution in [3.8, 4) is 11.3 Å². The van der Waals surface area contributed by atoms with Crippen molar-refractivity contribution < 1.29 is 23.9 Å². The molecule has 1 aliphatic rings. The first-order valence-electron chi connectivity index (χ1n) is 9.29. The summed E-state index contributed by atoms with van der Waals surface area (Å²) in [6, 6.07) is 9.96. The Morgan fingerprint density at radius 2 is 1.86 bits per heavy atom. The Labute approximate surface area is 167 Å². The number of aromatic nitrogens is 2. The largest absolute Gasteiger partial charge is 0.463 e. The molecule has 0 saturated carbocycles. The minimum atomic E-state index is -0.656. The molecule has 1 aromatic carbocycles. The van der Waals surface area contributed by atoms with Crippen LogP contribution in [0, 0.1) is 0 Å². The highest BCUT2D eigenvalue weighted by atomic mass is 16.5. The van der Waals surface area contributed by atoms with Gasteiger partial charge < -0.3 is 20.1 Å². The van der Waals surface area contributed by atoms with Crippen LogP contribution in [0.4, 0.5) is 4.79 Å². The van der Waals surface area contributed by atoms with E-state index in [1.807, 2.05) is 37.3 Å². The first-order valence-corrected chi connectivity index (χ1v) is 9.29. The first kappa shape index (κ1) is 20.1. The number of nitrogens with one attached hydrogen (secondary N) is 3. The van der Waals surface area contributed by atoms with Gasteiger partial charge in [0.05, 0.1) is 29.6 Å². The lowest BCUT2D eigenvalue weighted by Gasteiger charge is -2.28. The highest BCUT2D eigenvalue weighted by Gasteiger charge is 2.32. The Morgan fingerprint density at radius 3 is 2.55 bits per heavy atom. The summed E-state index contributed by atoms with van der Waals surface area (Å²) in [6.07, 6.45) is 0.486. The molecule has 0 radical (unpaired) electrons. The van der Waals surface area contributed by atoms with Crippen molar-refractivity contribution in [1.82, 2.24) is 20.8 Å². The molecule has 1 atom stereocenters. The van der Waals surface area contributed by atoms with Crippen molar-refractivity contribution >= 4 is 18.0 Å². The maximum Gasteiger partial charge on any atom is 0.356 e. The molecular formula is C20H22N4O5. The van der Waals surface area contributed by atoms with Crippen LogP contribution < -0.4 is 10.6 Å². The lowest BCUT2D eigenvalue weighted by atomic mass is 10.0. The van der Waals surface area contributed by atoms with Crippen LogP contribution in [-0.4, -0.2) is 47.4 Å². The number of hydrogen-bond donors (Lipinski definition) is 3. The van der Waals surface area contributed by atoms with E-state index < -0.39 is 24.0 Å². The number of rotatable bonds is 7. The van der Waals surface area contributed by atoms with Gasteiger partial charge in [-0.2, -0.15) is 5.10 Å². The van der Waals surface area contributed by atoms with Gasteiger partial charge >= 0.3 is 18.0 Å². The molecule has 1 aliphatic heterocycles. The van der Waals surface area contributed by atoms with Gasteiger partial charge in [0, 0.05) is 5.56 Å². The molecule has 0 saturated heterocycles. The third kappa shape index (κ3) is 4.63. The molecule has 2 heterocycles. The van der Waals surface area contributed by atoms with Crippen molar-refractivity contribution in [3.05, 3.63) is 53.4 Å². The second-order valence-electron chi connectivity index (χ2n) is 6.28. The smallest absolute Gasteiger partial charge is 0.356 e. The zero-order chi connectivity index (χ0) is 20.8. The number of benzene rings is 1. The number of aromatic amines is 1. The van der Waals surface area contributed by atoms with Crippen LogP contribution in [0.15, 0.2) is 47.7 Å². The predicted molar refractivity (Wildman–Crippen MR) is 104 cm³/mol. The molecule has 9 nitrogen and oxygen atoms in total.